The summed E-state index contributed by atoms with van der Waals surface area (Å²) in [6.45, 7) is 6.79. The van der Waals surface area contributed by atoms with Gasteiger partial charge in [-0.3, -0.25) is 4.79 Å². The average molecular weight is 249 g/mol. The van der Waals surface area contributed by atoms with Crippen molar-refractivity contribution in [3.05, 3.63) is 0 Å². The smallest absolute Gasteiger partial charge is 0.309 e. The minimum Gasteiger partial charge on any atom is -0.466 e. The Balaban J connectivity index is 3.90. The number of aliphatic hydroxyl groups excluding tert-OH is 1. The lowest BCUT2D eigenvalue weighted by Crippen LogP contribution is -2.41. The average Bonchev–Trinajstić information content (AvgIpc) is 2.27. The first-order valence-electron chi connectivity index (χ1n) is 5.60. The van der Waals surface area contributed by atoms with Gasteiger partial charge in [-0.05, 0) is 20.1 Å². The predicted molar refractivity (Wildman–Crippen MR) is 67.7 cm³/mol. The summed E-state index contributed by atoms with van der Waals surface area (Å²) >= 11 is 1.62. The number of hydrogen-bond donors (Lipinski definition) is 2. The van der Waals surface area contributed by atoms with Crippen LogP contribution in [0.15, 0.2) is 0 Å². The third-order valence-electron chi connectivity index (χ3n) is 2.48. The maximum absolute atomic E-state index is 11.3. The largest absolute Gasteiger partial charge is 0.466 e. The quantitative estimate of drug-likeness (QED) is 0.626. The van der Waals surface area contributed by atoms with Gasteiger partial charge in [0.1, 0.15) is 0 Å². The highest BCUT2D eigenvalue weighted by Gasteiger charge is 2.18. The fourth-order valence-corrected chi connectivity index (χ4v) is 1.95. The van der Waals surface area contributed by atoms with Crippen LogP contribution in [0.1, 0.15) is 20.8 Å². The molecule has 0 aliphatic heterocycles. The van der Waals surface area contributed by atoms with Crippen molar-refractivity contribution in [3.8, 4) is 0 Å². The maximum Gasteiger partial charge on any atom is 0.309 e. The van der Waals surface area contributed by atoms with Crippen LogP contribution >= 0.6 is 11.8 Å². The van der Waals surface area contributed by atoms with Crippen molar-refractivity contribution < 1.29 is 14.6 Å². The maximum atomic E-state index is 11.3. The lowest BCUT2D eigenvalue weighted by molar-refractivity contribution is -0.147. The molecule has 0 fully saturated rings. The molecule has 0 bridgehead atoms. The monoisotopic (exact) mass is 249 g/mol. The minimum atomic E-state index is -0.174. The molecule has 0 aliphatic rings. The Hall–Kier alpha value is -0.260. The van der Waals surface area contributed by atoms with E-state index in [1.54, 1.807) is 18.7 Å². The van der Waals surface area contributed by atoms with Crippen LogP contribution in [0.5, 0.6) is 0 Å². The highest BCUT2D eigenvalue weighted by molar-refractivity contribution is 7.99. The fourth-order valence-electron chi connectivity index (χ4n) is 1.30. The Morgan fingerprint density at radius 1 is 1.50 bits per heavy atom. The first-order chi connectivity index (χ1) is 7.56. The minimum absolute atomic E-state index is 0.142. The Bertz CT molecular complexity index is 198. The second-order valence-electron chi connectivity index (χ2n) is 3.81. The molecule has 16 heavy (non-hydrogen) atoms. The van der Waals surface area contributed by atoms with Crippen LogP contribution in [0.2, 0.25) is 0 Å². The molecule has 0 rings (SSSR count). The number of nitrogens with one attached hydrogen (secondary N) is 1. The van der Waals surface area contributed by atoms with Gasteiger partial charge in [0.05, 0.1) is 19.1 Å². The van der Waals surface area contributed by atoms with Gasteiger partial charge < -0.3 is 15.2 Å². The number of aliphatic hydroxyl groups is 1. The Labute approximate surface area is 102 Å². The number of hydrogen-bond acceptors (Lipinski definition) is 5. The second-order valence-corrected chi connectivity index (χ2v) is 4.88. The summed E-state index contributed by atoms with van der Waals surface area (Å²) < 4.78 is 4.92. The predicted octanol–water partition coefficient (Wildman–Crippen LogP) is 0.888. The zero-order chi connectivity index (χ0) is 12.6. The van der Waals surface area contributed by atoms with E-state index in [1.165, 1.54) is 0 Å². The van der Waals surface area contributed by atoms with Crippen molar-refractivity contribution in [1.29, 1.82) is 0 Å². The van der Waals surface area contributed by atoms with Crippen LogP contribution in [-0.2, 0) is 9.53 Å². The molecule has 4 nitrogen and oxygen atoms in total. The number of esters is 1. The molecule has 0 aromatic rings. The summed E-state index contributed by atoms with van der Waals surface area (Å²) in [4.78, 5) is 11.3. The SMILES string of the molecule is CCOC(=O)C(C)CNC(C)C(CO)SC. The van der Waals surface area contributed by atoms with Crippen molar-refractivity contribution in [2.75, 3.05) is 26.0 Å². The summed E-state index contributed by atoms with van der Waals surface area (Å²) in [7, 11) is 0. The first-order valence-corrected chi connectivity index (χ1v) is 6.89. The van der Waals surface area contributed by atoms with Crippen LogP contribution in [0, 0.1) is 5.92 Å². The van der Waals surface area contributed by atoms with E-state index in [0.29, 0.717) is 13.2 Å². The highest BCUT2D eigenvalue weighted by Crippen LogP contribution is 2.10. The molecule has 0 radical (unpaired) electrons. The molecule has 5 heteroatoms. The van der Waals surface area contributed by atoms with Gasteiger partial charge in [-0.1, -0.05) is 6.92 Å². The highest BCUT2D eigenvalue weighted by atomic mass is 32.2. The van der Waals surface area contributed by atoms with Crippen molar-refractivity contribution >= 4 is 17.7 Å². The fraction of sp³-hybridized carbons (Fsp3) is 0.909. The van der Waals surface area contributed by atoms with Crippen molar-refractivity contribution in [1.82, 2.24) is 5.32 Å². The third-order valence-corrected chi connectivity index (χ3v) is 3.64. The van der Waals surface area contributed by atoms with E-state index < -0.39 is 0 Å². The number of thioether (sulfide) groups is 1. The van der Waals surface area contributed by atoms with Crippen molar-refractivity contribution in [2.45, 2.75) is 32.1 Å². The molecule has 3 unspecified atom stereocenters. The van der Waals surface area contributed by atoms with Crippen molar-refractivity contribution in [3.63, 3.8) is 0 Å². The molecule has 0 saturated carbocycles. The number of ether oxygens (including phenoxy) is 1. The van der Waals surface area contributed by atoms with E-state index in [0.717, 1.165) is 0 Å². The van der Waals surface area contributed by atoms with Gasteiger partial charge in [-0.25, -0.2) is 0 Å². The van der Waals surface area contributed by atoms with E-state index in [4.69, 9.17) is 9.84 Å². The van der Waals surface area contributed by atoms with E-state index >= 15 is 0 Å². The number of carbonyl (C=O) groups excluding carboxylic acids is 1. The lowest BCUT2D eigenvalue weighted by atomic mass is 10.1. The van der Waals surface area contributed by atoms with Gasteiger partial charge in [0.15, 0.2) is 0 Å². The van der Waals surface area contributed by atoms with Gasteiger partial charge in [-0.15, -0.1) is 0 Å². The summed E-state index contributed by atoms with van der Waals surface area (Å²) in [6.07, 6.45) is 1.97. The van der Waals surface area contributed by atoms with Gasteiger partial charge in [0, 0.05) is 17.8 Å². The molecule has 3 atom stereocenters. The number of carbonyl (C=O) groups is 1. The zero-order valence-electron chi connectivity index (χ0n) is 10.5. The van der Waals surface area contributed by atoms with Crippen LogP contribution in [-0.4, -0.2) is 48.4 Å². The topological polar surface area (TPSA) is 58.6 Å². The molecular weight excluding hydrogens is 226 g/mol. The molecule has 0 aromatic carbocycles. The van der Waals surface area contributed by atoms with E-state index in [1.807, 2.05) is 20.1 Å². The van der Waals surface area contributed by atoms with Crippen LogP contribution in [0.25, 0.3) is 0 Å². The van der Waals surface area contributed by atoms with E-state index in [9.17, 15) is 4.79 Å². The van der Waals surface area contributed by atoms with Gasteiger partial charge in [0.2, 0.25) is 0 Å². The van der Waals surface area contributed by atoms with Crippen LogP contribution < -0.4 is 5.32 Å². The third kappa shape index (κ3) is 5.72. The van der Waals surface area contributed by atoms with E-state index in [-0.39, 0.29) is 29.8 Å². The lowest BCUT2D eigenvalue weighted by Gasteiger charge is -2.22. The molecule has 0 heterocycles. The summed E-state index contributed by atoms with van der Waals surface area (Å²) in [5, 5.41) is 12.5. The Kier molecular flexibility index (Phi) is 8.70. The summed E-state index contributed by atoms with van der Waals surface area (Å²) in [6, 6.07) is 0.178. The molecule has 0 aromatic heterocycles. The van der Waals surface area contributed by atoms with Crippen molar-refractivity contribution in [2.24, 2.45) is 5.92 Å². The van der Waals surface area contributed by atoms with Gasteiger partial charge >= 0.3 is 5.97 Å². The Morgan fingerprint density at radius 2 is 2.12 bits per heavy atom. The summed E-state index contributed by atoms with van der Waals surface area (Å²) in [5.74, 6) is -0.324. The molecule has 0 aliphatic carbocycles. The molecule has 2 N–H and O–H groups in total. The second kappa shape index (κ2) is 8.84. The molecular formula is C11H23NO3S. The van der Waals surface area contributed by atoms with Gasteiger partial charge in [0.25, 0.3) is 0 Å². The first kappa shape index (κ1) is 15.7. The normalized spacial score (nSPS) is 16.6. The van der Waals surface area contributed by atoms with Crippen LogP contribution in [0.3, 0.4) is 0 Å². The van der Waals surface area contributed by atoms with Crippen LogP contribution in [0.4, 0.5) is 0 Å². The molecule has 96 valence electrons. The molecule has 0 spiro atoms. The Morgan fingerprint density at radius 3 is 2.56 bits per heavy atom. The standard InChI is InChI=1S/C11H23NO3S/c1-5-15-11(14)8(2)6-12-9(3)10(7-13)16-4/h8-10,12-13H,5-7H2,1-4H3. The van der Waals surface area contributed by atoms with E-state index in [2.05, 4.69) is 5.32 Å². The zero-order valence-corrected chi connectivity index (χ0v) is 11.3. The number of rotatable bonds is 8. The molecule has 0 amide bonds. The van der Waals surface area contributed by atoms with Gasteiger partial charge in [-0.2, -0.15) is 11.8 Å². The summed E-state index contributed by atoms with van der Waals surface area (Å²) in [5.41, 5.74) is 0. The molecule has 0 saturated heterocycles.